The van der Waals surface area contributed by atoms with Crippen LogP contribution in [0.15, 0.2) is 15.9 Å². The lowest BCUT2D eigenvalue weighted by Gasteiger charge is -2.18. The molecule has 0 saturated carbocycles. The Hall–Kier alpha value is -1.18. The molecule has 0 aliphatic heterocycles. The summed E-state index contributed by atoms with van der Waals surface area (Å²) in [6, 6.07) is 3.58. The highest BCUT2D eigenvalue weighted by atomic mass is 79.9. The summed E-state index contributed by atoms with van der Waals surface area (Å²) in [5, 5.41) is 3.45. The van der Waals surface area contributed by atoms with Crippen LogP contribution in [-0.4, -0.2) is 11.8 Å². The Morgan fingerprint density at radius 3 is 2.77 bits per heavy atom. The number of nitrogens with two attached hydrogens (primary N) is 1. The van der Waals surface area contributed by atoms with E-state index in [9.17, 15) is 9.59 Å². The summed E-state index contributed by atoms with van der Waals surface area (Å²) in [5.41, 5.74) is 7.07. The molecule has 2 amide bonds. The normalized spacial score (nSPS) is 17.1. The number of halogens is 1. The van der Waals surface area contributed by atoms with Crippen LogP contribution in [0.1, 0.15) is 43.8 Å². The zero-order valence-corrected chi connectivity index (χ0v) is 15.2. The first kappa shape index (κ1) is 15.7. The van der Waals surface area contributed by atoms with E-state index in [0.29, 0.717) is 21.4 Å². The number of carbonyl (C=O) groups is 2. The lowest BCUT2D eigenvalue weighted by Crippen LogP contribution is -2.19. The number of anilines is 1. The van der Waals surface area contributed by atoms with Crippen LogP contribution in [0.2, 0.25) is 0 Å². The number of thiophene rings is 2. The lowest BCUT2D eigenvalue weighted by molar-refractivity contribution is 0.1000. The molecule has 2 aromatic rings. The van der Waals surface area contributed by atoms with Gasteiger partial charge in [-0.3, -0.25) is 9.59 Å². The van der Waals surface area contributed by atoms with Gasteiger partial charge < -0.3 is 11.1 Å². The van der Waals surface area contributed by atoms with E-state index in [1.165, 1.54) is 27.6 Å². The van der Waals surface area contributed by atoms with Crippen LogP contribution < -0.4 is 11.1 Å². The number of fused-ring (bicyclic) bond motifs is 1. The fraction of sp³-hybridized carbons (Fsp3) is 0.333. The molecule has 1 atom stereocenters. The Morgan fingerprint density at radius 1 is 1.36 bits per heavy atom. The summed E-state index contributed by atoms with van der Waals surface area (Å²) < 4.78 is 0.895. The predicted molar refractivity (Wildman–Crippen MR) is 94.0 cm³/mol. The van der Waals surface area contributed by atoms with Crippen molar-refractivity contribution in [1.29, 1.82) is 0 Å². The smallest absolute Gasteiger partial charge is 0.266 e. The average molecular weight is 399 g/mol. The molecule has 0 radical (unpaired) electrons. The molecule has 116 valence electrons. The second-order valence-electron chi connectivity index (χ2n) is 5.48. The molecule has 22 heavy (non-hydrogen) atoms. The van der Waals surface area contributed by atoms with Gasteiger partial charge in [0.2, 0.25) is 0 Å². The number of rotatable bonds is 3. The van der Waals surface area contributed by atoms with Crippen molar-refractivity contribution in [2.45, 2.75) is 26.2 Å². The van der Waals surface area contributed by atoms with Crippen molar-refractivity contribution in [3.05, 3.63) is 36.8 Å². The largest absolute Gasteiger partial charge is 0.365 e. The van der Waals surface area contributed by atoms with Crippen LogP contribution in [-0.2, 0) is 12.8 Å². The second kappa shape index (κ2) is 6.14. The maximum atomic E-state index is 12.3. The van der Waals surface area contributed by atoms with E-state index >= 15 is 0 Å². The monoisotopic (exact) mass is 398 g/mol. The summed E-state index contributed by atoms with van der Waals surface area (Å²) in [7, 11) is 0. The van der Waals surface area contributed by atoms with Gasteiger partial charge in [0, 0.05) is 4.88 Å². The fourth-order valence-corrected chi connectivity index (χ4v) is 5.39. The van der Waals surface area contributed by atoms with Gasteiger partial charge in [-0.25, -0.2) is 0 Å². The number of hydrogen-bond acceptors (Lipinski definition) is 4. The van der Waals surface area contributed by atoms with E-state index in [1.54, 1.807) is 6.07 Å². The molecular weight excluding hydrogens is 384 g/mol. The molecule has 4 nitrogen and oxygen atoms in total. The summed E-state index contributed by atoms with van der Waals surface area (Å²) in [4.78, 5) is 25.9. The van der Waals surface area contributed by atoms with Crippen molar-refractivity contribution in [2.75, 3.05) is 5.32 Å². The highest BCUT2D eigenvalue weighted by Crippen LogP contribution is 2.39. The van der Waals surface area contributed by atoms with Crippen molar-refractivity contribution < 1.29 is 9.59 Å². The minimum absolute atomic E-state index is 0.204. The maximum Gasteiger partial charge on any atom is 0.266 e. The van der Waals surface area contributed by atoms with Crippen LogP contribution in [0.4, 0.5) is 5.00 Å². The van der Waals surface area contributed by atoms with Crippen LogP contribution >= 0.6 is 38.6 Å². The molecule has 7 heteroatoms. The van der Waals surface area contributed by atoms with Gasteiger partial charge in [0.25, 0.3) is 11.8 Å². The molecule has 3 N–H and O–H groups in total. The third-order valence-corrected chi connectivity index (χ3v) is 6.57. The van der Waals surface area contributed by atoms with Crippen molar-refractivity contribution in [3.63, 3.8) is 0 Å². The van der Waals surface area contributed by atoms with E-state index in [2.05, 4.69) is 28.2 Å². The molecule has 0 spiro atoms. The van der Waals surface area contributed by atoms with Gasteiger partial charge >= 0.3 is 0 Å². The van der Waals surface area contributed by atoms with Crippen molar-refractivity contribution in [2.24, 2.45) is 11.7 Å². The van der Waals surface area contributed by atoms with E-state index in [0.717, 1.165) is 28.6 Å². The molecule has 2 aromatic heterocycles. The SMILES string of the molecule is C[C@@H]1CCc2c(sc(NC(=O)c3ccc(Br)s3)c2C(N)=O)C1. The first-order valence-electron chi connectivity index (χ1n) is 6.96. The third kappa shape index (κ3) is 2.98. The molecular formula is C15H15BrN2O2S2. The van der Waals surface area contributed by atoms with E-state index in [4.69, 9.17) is 5.73 Å². The average Bonchev–Trinajstić information content (AvgIpc) is 3.01. The van der Waals surface area contributed by atoms with Gasteiger partial charge in [0.1, 0.15) is 5.00 Å². The zero-order valence-electron chi connectivity index (χ0n) is 11.9. The highest BCUT2D eigenvalue weighted by molar-refractivity contribution is 9.11. The molecule has 2 heterocycles. The van der Waals surface area contributed by atoms with Crippen LogP contribution in [0.3, 0.4) is 0 Å². The number of hydrogen-bond donors (Lipinski definition) is 2. The van der Waals surface area contributed by atoms with E-state index < -0.39 is 5.91 Å². The predicted octanol–water partition coefficient (Wildman–Crippen LogP) is 4.05. The number of nitrogens with one attached hydrogen (secondary N) is 1. The zero-order chi connectivity index (χ0) is 15.9. The van der Waals surface area contributed by atoms with Gasteiger partial charge in [-0.15, -0.1) is 22.7 Å². The molecule has 1 aliphatic rings. The minimum atomic E-state index is -0.463. The van der Waals surface area contributed by atoms with Gasteiger partial charge in [0.15, 0.2) is 0 Å². The van der Waals surface area contributed by atoms with Crippen LogP contribution in [0.25, 0.3) is 0 Å². The third-order valence-electron chi connectivity index (χ3n) is 3.78. The molecule has 0 saturated heterocycles. The molecule has 0 unspecified atom stereocenters. The molecule has 0 bridgehead atoms. The summed E-state index contributed by atoms with van der Waals surface area (Å²) in [6.07, 6.45) is 2.85. The second-order valence-corrected chi connectivity index (χ2v) is 9.05. The molecule has 0 fully saturated rings. The van der Waals surface area contributed by atoms with Crippen molar-refractivity contribution in [1.82, 2.24) is 0 Å². The number of primary amides is 1. The first-order valence-corrected chi connectivity index (χ1v) is 9.39. The number of amides is 2. The molecule has 1 aliphatic carbocycles. The van der Waals surface area contributed by atoms with Crippen molar-refractivity contribution >= 4 is 55.4 Å². The fourth-order valence-electron chi connectivity index (χ4n) is 2.70. The van der Waals surface area contributed by atoms with Gasteiger partial charge in [-0.2, -0.15) is 0 Å². The molecule has 3 rings (SSSR count). The minimum Gasteiger partial charge on any atom is -0.365 e. The Labute approximate surface area is 144 Å². The Balaban J connectivity index is 1.93. The maximum absolute atomic E-state index is 12.3. The Morgan fingerprint density at radius 2 is 2.14 bits per heavy atom. The summed E-state index contributed by atoms with van der Waals surface area (Å²) >= 11 is 6.19. The van der Waals surface area contributed by atoms with E-state index in [-0.39, 0.29) is 5.91 Å². The van der Waals surface area contributed by atoms with Gasteiger partial charge in [-0.1, -0.05) is 6.92 Å². The lowest BCUT2D eigenvalue weighted by atomic mass is 9.88. The van der Waals surface area contributed by atoms with Gasteiger partial charge in [0.05, 0.1) is 14.2 Å². The number of carbonyl (C=O) groups excluding carboxylic acids is 2. The van der Waals surface area contributed by atoms with E-state index in [1.807, 2.05) is 6.07 Å². The summed E-state index contributed by atoms with van der Waals surface area (Å²) in [5.74, 6) is -0.0664. The Kier molecular flexibility index (Phi) is 4.38. The highest BCUT2D eigenvalue weighted by Gasteiger charge is 2.27. The quantitative estimate of drug-likeness (QED) is 0.818. The molecule has 0 aromatic carbocycles. The standard InChI is InChI=1S/C15H15BrN2O2S2/c1-7-2-3-8-10(6-7)22-15(12(8)13(17)19)18-14(20)9-4-5-11(16)21-9/h4-5,7H,2-3,6H2,1H3,(H2,17,19)(H,18,20)/t7-/m1/s1. The topological polar surface area (TPSA) is 72.2 Å². The first-order chi connectivity index (χ1) is 10.5. The van der Waals surface area contributed by atoms with Crippen LogP contribution in [0.5, 0.6) is 0 Å². The Bertz CT molecular complexity index is 751. The van der Waals surface area contributed by atoms with Crippen molar-refractivity contribution in [3.8, 4) is 0 Å². The van der Waals surface area contributed by atoms with Gasteiger partial charge in [-0.05, 0) is 58.8 Å². The summed E-state index contributed by atoms with van der Waals surface area (Å²) in [6.45, 7) is 2.20. The van der Waals surface area contributed by atoms with Crippen LogP contribution in [0, 0.1) is 5.92 Å².